The van der Waals surface area contributed by atoms with Gasteiger partial charge in [-0.15, -0.1) is 0 Å². The summed E-state index contributed by atoms with van der Waals surface area (Å²) in [6.07, 6.45) is 8.25. The maximum Gasteiger partial charge on any atom is 0.237 e. The van der Waals surface area contributed by atoms with Crippen molar-refractivity contribution in [2.75, 3.05) is 18.4 Å². The van der Waals surface area contributed by atoms with Crippen LogP contribution >= 0.6 is 0 Å². The Hall–Kier alpha value is -3.71. The van der Waals surface area contributed by atoms with Crippen molar-refractivity contribution in [1.82, 2.24) is 25.1 Å². The highest BCUT2D eigenvalue weighted by molar-refractivity contribution is 5.69. The Morgan fingerprint density at radius 1 is 1.09 bits per heavy atom. The SMILES string of the molecule is Cn1cc(-c2cnc3c(c2)NC[C@@H]([C@H](NCCc2ccccn2)c2ccccc2)O3)cn1. The summed E-state index contributed by atoms with van der Waals surface area (Å²) in [5.74, 6) is 0.626. The molecule has 1 aliphatic heterocycles. The second-order valence-electron chi connectivity index (χ2n) is 7.93. The molecule has 2 atom stereocenters. The van der Waals surface area contributed by atoms with Crippen molar-refractivity contribution in [3.05, 3.63) is 90.6 Å². The van der Waals surface area contributed by atoms with E-state index in [1.165, 1.54) is 5.56 Å². The molecule has 1 aromatic carbocycles. The topological polar surface area (TPSA) is 76.9 Å². The van der Waals surface area contributed by atoms with Gasteiger partial charge in [-0.05, 0) is 23.8 Å². The van der Waals surface area contributed by atoms with Crippen LogP contribution < -0.4 is 15.4 Å². The van der Waals surface area contributed by atoms with Crippen LogP contribution in [0.1, 0.15) is 17.3 Å². The zero-order valence-corrected chi connectivity index (χ0v) is 18.0. The smallest absolute Gasteiger partial charge is 0.237 e. The number of aryl methyl sites for hydroxylation is 1. The zero-order chi connectivity index (χ0) is 21.8. The summed E-state index contributed by atoms with van der Waals surface area (Å²) >= 11 is 0. The van der Waals surface area contributed by atoms with E-state index in [1.807, 2.05) is 50.0 Å². The first kappa shape index (κ1) is 20.2. The average Bonchev–Trinajstić information content (AvgIpc) is 3.29. The quantitative estimate of drug-likeness (QED) is 0.470. The lowest BCUT2D eigenvalue weighted by Gasteiger charge is -2.33. The Balaban J connectivity index is 1.32. The molecule has 162 valence electrons. The van der Waals surface area contributed by atoms with E-state index in [0.717, 1.165) is 35.5 Å². The number of nitrogens with one attached hydrogen (secondary N) is 2. The van der Waals surface area contributed by atoms with Crippen molar-refractivity contribution in [3.63, 3.8) is 0 Å². The van der Waals surface area contributed by atoms with E-state index in [2.05, 4.69) is 62.1 Å². The monoisotopic (exact) mass is 426 g/mol. The highest BCUT2D eigenvalue weighted by Crippen LogP contribution is 2.34. The maximum absolute atomic E-state index is 6.37. The van der Waals surface area contributed by atoms with Crippen LogP contribution in [0.5, 0.6) is 5.88 Å². The molecule has 0 fully saturated rings. The van der Waals surface area contributed by atoms with Gasteiger partial charge >= 0.3 is 0 Å². The van der Waals surface area contributed by atoms with Gasteiger partial charge < -0.3 is 15.4 Å². The molecule has 0 aliphatic carbocycles. The molecule has 0 saturated heterocycles. The van der Waals surface area contributed by atoms with Crippen LogP contribution in [0.3, 0.4) is 0 Å². The van der Waals surface area contributed by atoms with Crippen molar-refractivity contribution in [2.45, 2.75) is 18.6 Å². The van der Waals surface area contributed by atoms with Crippen molar-refractivity contribution >= 4 is 5.69 Å². The highest BCUT2D eigenvalue weighted by Gasteiger charge is 2.29. The minimum absolute atomic E-state index is 0.0281. The minimum atomic E-state index is -0.0922. The molecule has 1 aliphatic rings. The number of hydrogen-bond donors (Lipinski definition) is 2. The number of hydrogen-bond acceptors (Lipinski definition) is 6. The third-order valence-corrected chi connectivity index (χ3v) is 5.65. The third kappa shape index (κ3) is 4.48. The fourth-order valence-electron chi connectivity index (χ4n) is 4.01. The van der Waals surface area contributed by atoms with Crippen molar-refractivity contribution < 1.29 is 4.74 Å². The molecule has 0 saturated carbocycles. The molecule has 2 N–H and O–H groups in total. The summed E-state index contributed by atoms with van der Waals surface area (Å²) in [5.41, 5.74) is 5.22. The number of nitrogens with zero attached hydrogens (tertiary/aromatic N) is 4. The Labute approximate surface area is 187 Å². The minimum Gasteiger partial charge on any atom is -0.469 e. The Bertz CT molecular complexity index is 1160. The van der Waals surface area contributed by atoms with Gasteiger partial charge in [0.15, 0.2) is 0 Å². The number of aromatic nitrogens is 4. The third-order valence-electron chi connectivity index (χ3n) is 5.65. The van der Waals surface area contributed by atoms with Crippen molar-refractivity contribution in [2.24, 2.45) is 7.05 Å². The van der Waals surface area contributed by atoms with Crippen LogP contribution in [-0.2, 0) is 13.5 Å². The van der Waals surface area contributed by atoms with Gasteiger partial charge in [0.25, 0.3) is 0 Å². The predicted octanol–water partition coefficient (Wildman–Crippen LogP) is 3.62. The molecule has 3 aromatic heterocycles. The van der Waals surface area contributed by atoms with Crippen LogP contribution in [-0.4, -0.2) is 38.9 Å². The van der Waals surface area contributed by atoms with Gasteiger partial charge in [0.05, 0.1) is 24.5 Å². The maximum atomic E-state index is 6.37. The molecule has 0 radical (unpaired) electrons. The van der Waals surface area contributed by atoms with E-state index in [4.69, 9.17) is 4.74 Å². The molecule has 5 rings (SSSR count). The molecular weight excluding hydrogens is 400 g/mol. The summed E-state index contributed by atoms with van der Waals surface area (Å²) in [6.45, 7) is 1.48. The molecule has 4 aromatic rings. The summed E-state index contributed by atoms with van der Waals surface area (Å²) < 4.78 is 8.16. The standard InChI is InChI=1S/C25H26N6O/c1-31-17-20(15-30-31)19-13-22-25(29-14-19)32-23(16-28-22)24(18-7-3-2-4-8-18)27-12-10-21-9-5-6-11-26-21/h2-9,11,13-15,17,23-24,27-28H,10,12,16H2,1H3/t23-,24+/m0/s1. The summed E-state index contributed by atoms with van der Waals surface area (Å²) in [6, 6.07) is 18.5. The van der Waals surface area contributed by atoms with Gasteiger partial charge in [-0.25, -0.2) is 4.98 Å². The number of pyridine rings is 2. The van der Waals surface area contributed by atoms with E-state index < -0.39 is 0 Å². The first-order valence-corrected chi connectivity index (χ1v) is 10.8. The summed E-state index contributed by atoms with van der Waals surface area (Å²) in [4.78, 5) is 9.03. The molecule has 7 heteroatoms. The Morgan fingerprint density at radius 2 is 1.97 bits per heavy atom. The molecule has 32 heavy (non-hydrogen) atoms. The first-order valence-electron chi connectivity index (χ1n) is 10.8. The number of benzene rings is 1. The lowest BCUT2D eigenvalue weighted by Crippen LogP contribution is -2.43. The van der Waals surface area contributed by atoms with Crippen molar-refractivity contribution in [1.29, 1.82) is 0 Å². The number of anilines is 1. The molecule has 0 spiro atoms. The number of ether oxygens (including phenoxy) is 1. The van der Waals surface area contributed by atoms with Gasteiger partial charge in [-0.1, -0.05) is 36.4 Å². The number of rotatable bonds is 7. The van der Waals surface area contributed by atoms with Gasteiger partial charge in [-0.2, -0.15) is 5.10 Å². The molecule has 7 nitrogen and oxygen atoms in total. The van der Waals surface area contributed by atoms with Crippen LogP contribution in [0.2, 0.25) is 0 Å². The van der Waals surface area contributed by atoms with Gasteiger partial charge in [0.1, 0.15) is 6.10 Å². The van der Waals surface area contributed by atoms with E-state index in [9.17, 15) is 0 Å². The van der Waals surface area contributed by atoms with E-state index in [1.54, 1.807) is 4.68 Å². The second-order valence-corrected chi connectivity index (χ2v) is 7.93. The lowest BCUT2D eigenvalue weighted by atomic mass is 9.99. The lowest BCUT2D eigenvalue weighted by molar-refractivity contribution is 0.150. The van der Waals surface area contributed by atoms with E-state index >= 15 is 0 Å². The van der Waals surface area contributed by atoms with E-state index in [0.29, 0.717) is 12.4 Å². The second kappa shape index (κ2) is 9.20. The van der Waals surface area contributed by atoms with Crippen LogP contribution in [0.25, 0.3) is 11.1 Å². The normalized spacial score (nSPS) is 16.0. The Kier molecular flexibility index (Phi) is 5.81. The predicted molar refractivity (Wildman–Crippen MR) is 124 cm³/mol. The van der Waals surface area contributed by atoms with Crippen LogP contribution in [0.15, 0.2) is 79.4 Å². The molecule has 0 bridgehead atoms. The van der Waals surface area contributed by atoms with Gasteiger partial charge in [-0.3, -0.25) is 9.67 Å². The fraction of sp³-hybridized carbons (Fsp3) is 0.240. The van der Waals surface area contributed by atoms with Crippen LogP contribution in [0, 0.1) is 0 Å². The molecule has 4 heterocycles. The van der Waals surface area contributed by atoms with Crippen LogP contribution in [0.4, 0.5) is 5.69 Å². The largest absolute Gasteiger partial charge is 0.469 e. The van der Waals surface area contributed by atoms with E-state index in [-0.39, 0.29) is 12.1 Å². The number of fused-ring (bicyclic) bond motifs is 1. The Morgan fingerprint density at radius 3 is 2.75 bits per heavy atom. The van der Waals surface area contributed by atoms with Crippen molar-refractivity contribution in [3.8, 4) is 17.0 Å². The average molecular weight is 427 g/mol. The summed E-state index contributed by atoms with van der Waals surface area (Å²) in [7, 11) is 1.91. The van der Waals surface area contributed by atoms with Gasteiger partial charge in [0, 0.05) is 55.4 Å². The molecular formula is C25H26N6O. The highest BCUT2D eigenvalue weighted by atomic mass is 16.5. The zero-order valence-electron chi connectivity index (χ0n) is 18.0. The first-order chi connectivity index (χ1) is 15.8. The van der Waals surface area contributed by atoms with Gasteiger partial charge in [0.2, 0.25) is 5.88 Å². The molecule has 0 unspecified atom stereocenters. The molecule has 0 amide bonds. The fourth-order valence-corrected chi connectivity index (χ4v) is 4.01. The summed E-state index contributed by atoms with van der Waals surface area (Å²) in [5, 5.41) is 11.5.